The molecule has 2 rings (SSSR count). The lowest BCUT2D eigenvalue weighted by Crippen LogP contribution is -2.21. The molecule has 120 valence electrons. The van der Waals surface area contributed by atoms with Crippen LogP contribution in [0.1, 0.15) is 15.9 Å². The molecule has 0 saturated heterocycles. The van der Waals surface area contributed by atoms with Crippen LogP contribution in [0, 0.1) is 16.3 Å². The summed E-state index contributed by atoms with van der Waals surface area (Å²) in [4.78, 5) is 23.1. The third-order valence-corrected chi connectivity index (χ3v) is 3.81. The first-order chi connectivity index (χ1) is 10.9. The monoisotopic (exact) mass is 428 g/mol. The average molecular weight is 428 g/mol. The third kappa shape index (κ3) is 4.65. The predicted octanol–water partition coefficient (Wildman–Crippen LogP) is 2.86. The zero-order chi connectivity index (χ0) is 17.0. The number of amides is 2. The molecular weight excluding hydrogens is 414 g/mol. The molecule has 7 heteroatoms. The van der Waals surface area contributed by atoms with Crippen molar-refractivity contribution >= 4 is 40.1 Å². The topological polar surface area (TPSA) is 81.4 Å². The second kappa shape index (κ2) is 7.40. The van der Waals surface area contributed by atoms with Crippen LogP contribution in [0.4, 0.5) is 10.1 Å². The number of rotatable bonds is 5. The van der Waals surface area contributed by atoms with Gasteiger partial charge in [0.2, 0.25) is 5.91 Å². The van der Waals surface area contributed by atoms with Gasteiger partial charge in [-0.1, -0.05) is 0 Å². The van der Waals surface area contributed by atoms with Crippen LogP contribution in [0.15, 0.2) is 36.4 Å². The minimum Gasteiger partial charge on any atom is -0.484 e. The van der Waals surface area contributed by atoms with E-state index in [0.29, 0.717) is 5.75 Å². The molecule has 0 spiro atoms. The summed E-state index contributed by atoms with van der Waals surface area (Å²) < 4.78 is 20.1. The molecule has 0 radical (unpaired) electrons. The van der Waals surface area contributed by atoms with Crippen LogP contribution < -0.4 is 15.8 Å². The van der Waals surface area contributed by atoms with Crippen LogP contribution in [0.3, 0.4) is 0 Å². The number of nitrogens with one attached hydrogen (secondary N) is 1. The number of halogens is 2. The van der Waals surface area contributed by atoms with Crippen LogP contribution in [-0.2, 0) is 4.79 Å². The lowest BCUT2D eigenvalue weighted by molar-refractivity contribution is -0.118. The average Bonchev–Trinajstić information content (AvgIpc) is 2.51. The van der Waals surface area contributed by atoms with Crippen molar-refractivity contribution in [2.75, 3.05) is 11.9 Å². The largest absolute Gasteiger partial charge is 0.484 e. The van der Waals surface area contributed by atoms with Crippen LogP contribution in [-0.4, -0.2) is 18.4 Å². The van der Waals surface area contributed by atoms with E-state index in [-0.39, 0.29) is 23.4 Å². The maximum absolute atomic E-state index is 13.7. The molecule has 0 aliphatic rings. The van der Waals surface area contributed by atoms with E-state index in [0.717, 1.165) is 9.64 Å². The van der Waals surface area contributed by atoms with Crippen molar-refractivity contribution in [3.05, 3.63) is 56.9 Å². The van der Waals surface area contributed by atoms with E-state index in [1.807, 2.05) is 12.1 Å². The first kappa shape index (κ1) is 17.2. The summed E-state index contributed by atoms with van der Waals surface area (Å²) in [6, 6.07) is 9.56. The smallest absolute Gasteiger partial charge is 0.262 e. The molecule has 0 atom stereocenters. The second-order valence-electron chi connectivity index (χ2n) is 4.79. The molecule has 0 saturated carbocycles. The van der Waals surface area contributed by atoms with E-state index in [4.69, 9.17) is 10.5 Å². The van der Waals surface area contributed by atoms with Crippen molar-refractivity contribution in [2.45, 2.75) is 6.92 Å². The highest BCUT2D eigenvalue weighted by Gasteiger charge is 2.13. The molecule has 3 N–H and O–H groups in total. The van der Waals surface area contributed by atoms with Crippen molar-refractivity contribution in [1.82, 2.24) is 0 Å². The highest BCUT2D eigenvalue weighted by atomic mass is 127. The summed E-state index contributed by atoms with van der Waals surface area (Å²) in [6.07, 6.45) is 0. The van der Waals surface area contributed by atoms with Gasteiger partial charge in [-0.3, -0.25) is 9.59 Å². The van der Waals surface area contributed by atoms with Crippen molar-refractivity contribution in [2.24, 2.45) is 5.73 Å². The van der Waals surface area contributed by atoms with Gasteiger partial charge in [0.15, 0.2) is 6.61 Å². The fraction of sp³-hybridized carbons (Fsp3) is 0.125. The Balaban J connectivity index is 2.05. The number of carbonyl (C=O) groups excluding carboxylic acids is 2. The number of ether oxygens (including phenoxy) is 1. The van der Waals surface area contributed by atoms with Gasteiger partial charge in [0.25, 0.3) is 5.91 Å². The van der Waals surface area contributed by atoms with E-state index in [2.05, 4.69) is 27.9 Å². The molecule has 5 nitrogen and oxygen atoms in total. The van der Waals surface area contributed by atoms with Crippen molar-refractivity contribution < 1.29 is 18.7 Å². The number of hydrogen-bond donors (Lipinski definition) is 2. The molecule has 0 heterocycles. The predicted molar refractivity (Wildman–Crippen MR) is 92.9 cm³/mol. The molecule has 0 unspecified atom stereocenters. The van der Waals surface area contributed by atoms with Gasteiger partial charge in [0, 0.05) is 20.4 Å². The Labute approximate surface area is 146 Å². The Morgan fingerprint density at radius 1 is 1.26 bits per heavy atom. The number of benzene rings is 2. The number of primary amides is 1. The SMILES string of the molecule is Cc1c(F)cc(C(N)=O)cc1NC(=O)COc1ccc(I)cc1. The van der Waals surface area contributed by atoms with E-state index >= 15 is 0 Å². The van der Waals surface area contributed by atoms with Gasteiger partial charge in [0.05, 0.1) is 0 Å². The van der Waals surface area contributed by atoms with E-state index < -0.39 is 17.6 Å². The Morgan fingerprint density at radius 3 is 2.52 bits per heavy atom. The molecule has 0 fully saturated rings. The highest BCUT2D eigenvalue weighted by Crippen LogP contribution is 2.21. The van der Waals surface area contributed by atoms with Gasteiger partial charge in [-0.2, -0.15) is 0 Å². The summed E-state index contributed by atoms with van der Waals surface area (Å²) in [7, 11) is 0. The molecule has 0 aliphatic carbocycles. The fourth-order valence-corrected chi connectivity index (χ4v) is 2.18. The Kier molecular flexibility index (Phi) is 5.54. The minimum atomic E-state index is -0.769. The molecule has 2 aromatic rings. The summed E-state index contributed by atoms with van der Waals surface area (Å²) in [5.74, 6) is -1.30. The molecule has 2 amide bonds. The lowest BCUT2D eigenvalue weighted by atomic mass is 10.1. The zero-order valence-electron chi connectivity index (χ0n) is 12.2. The third-order valence-electron chi connectivity index (χ3n) is 3.09. The summed E-state index contributed by atoms with van der Waals surface area (Å²) in [5, 5.41) is 2.51. The number of hydrogen-bond acceptors (Lipinski definition) is 3. The first-order valence-corrected chi connectivity index (χ1v) is 7.73. The van der Waals surface area contributed by atoms with Crippen LogP contribution in [0.25, 0.3) is 0 Å². The quantitative estimate of drug-likeness (QED) is 0.719. The first-order valence-electron chi connectivity index (χ1n) is 6.65. The van der Waals surface area contributed by atoms with Gasteiger partial charge in [-0.05, 0) is 65.9 Å². The van der Waals surface area contributed by atoms with Gasteiger partial charge in [-0.15, -0.1) is 0 Å². The van der Waals surface area contributed by atoms with Crippen molar-refractivity contribution in [3.8, 4) is 5.75 Å². The second-order valence-corrected chi connectivity index (χ2v) is 6.03. The van der Waals surface area contributed by atoms with E-state index in [1.54, 1.807) is 12.1 Å². The van der Waals surface area contributed by atoms with E-state index in [9.17, 15) is 14.0 Å². The van der Waals surface area contributed by atoms with Crippen LogP contribution >= 0.6 is 22.6 Å². The van der Waals surface area contributed by atoms with Gasteiger partial charge < -0.3 is 15.8 Å². The van der Waals surface area contributed by atoms with Crippen LogP contribution in [0.5, 0.6) is 5.75 Å². The van der Waals surface area contributed by atoms with Gasteiger partial charge in [-0.25, -0.2) is 4.39 Å². The Morgan fingerprint density at radius 2 is 1.91 bits per heavy atom. The maximum Gasteiger partial charge on any atom is 0.262 e. The maximum atomic E-state index is 13.7. The molecule has 0 aliphatic heterocycles. The summed E-state index contributed by atoms with van der Waals surface area (Å²) in [6.45, 7) is 1.26. The minimum absolute atomic E-state index is 0.0121. The molecule has 23 heavy (non-hydrogen) atoms. The summed E-state index contributed by atoms with van der Waals surface area (Å²) in [5.41, 5.74) is 5.53. The molecule has 0 aromatic heterocycles. The van der Waals surface area contributed by atoms with Crippen LogP contribution in [0.2, 0.25) is 0 Å². The molecule has 0 bridgehead atoms. The molecular formula is C16H14FIN2O3. The lowest BCUT2D eigenvalue weighted by Gasteiger charge is -2.11. The summed E-state index contributed by atoms with van der Waals surface area (Å²) >= 11 is 2.16. The highest BCUT2D eigenvalue weighted by molar-refractivity contribution is 14.1. The van der Waals surface area contributed by atoms with E-state index in [1.165, 1.54) is 13.0 Å². The van der Waals surface area contributed by atoms with Gasteiger partial charge >= 0.3 is 0 Å². The number of anilines is 1. The Bertz CT molecular complexity index is 748. The van der Waals surface area contributed by atoms with Crippen molar-refractivity contribution in [3.63, 3.8) is 0 Å². The zero-order valence-corrected chi connectivity index (χ0v) is 14.4. The van der Waals surface area contributed by atoms with Gasteiger partial charge in [0.1, 0.15) is 11.6 Å². The standard InChI is InChI=1S/C16H14FIN2O3/c1-9-13(17)6-10(16(19)22)7-14(9)20-15(21)8-23-12-4-2-11(18)3-5-12/h2-7H,8H2,1H3,(H2,19,22)(H,20,21). The number of carbonyl (C=O) groups is 2. The normalized spacial score (nSPS) is 10.2. The molecule has 2 aromatic carbocycles. The Hall–Kier alpha value is -2.16. The van der Waals surface area contributed by atoms with Crippen molar-refractivity contribution in [1.29, 1.82) is 0 Å². The number of nitrogens with two attached hydrogens (primary N) is 1. The fourth-order valence-electron chi connectivity index (χ4n) is 1.82.